The Morgan fingerprint density at radius 3 is 2.42 bits per heavy atom. The van der Waals surface area contributed by atoms with Crippen LogP contribution in [0.5, 0.6) is 0 Å². The van der Waals surface area contributed by atoms with Crippen LogP contribution in [-0.4, -0.2) is 47.7 Å². The van der Waals surface area contributed by atoms with E-state index in [1.165, 1.54) is 33.4 Å². The molecular formula is C12H20N2O7P2S. The third-order valence-electron chi connectivity index (χ3n) is 3.84. The predicted molar refractivity (Wildman–Crippen MR) is 84.0 cm³/mol. The van der Waals surface area contributed by atoms with Crippen molar-refractivity contribution >= 4 is 25.0 Å². The quantitative estimate of drug-likeness (QED) is 0.488. The zero-order chi connectivity index (χ0) is 18.2. The molecule has 12 heteroatoms. The Bertz CT molecular complexity index is 773. The highest BCUT2D eigenvalue weighted by Gasteiger charge is 2.38. The van der Waals surface area contributed by atoms with E-state index in [1.54, 1.807) is 0 Å². The van der Waals surface area contributed by atoms with Crippen molar-refractivity contribution in [2.75, 3.05) is 19.8 Å². The number of hydrogen-bond acceptors (Lipinski definition) is 5. The lowest BCUT2D eigenvalue weighted by molar-refractivity contribution is -0.696. The van der Waals surface area contributed by atoms with Gasteiger partial charge in [-0.15, -0.1) is 0 Å². The van der Waals surface area contributed by atoms with E-state index in [9.17, 15) is 32.2 Å². The molecule has 0 saturated carbocycles. The molecule has 1 aliphatic rings. The highest BCUT2D eigenvalue weighted by Crippen LogP contribution is 2.57. The van der Waals surface area contributed by atoms with Crippen molar-refractivity contribution in [3.05, 3.63) is 24.5 Å². The molecule has 3 atom stereocenters. The van der Waals surface area contributed by atoms with E-state index < -0.39 is 36.9 Å². The highest BCUT2D eigenvalue weighted by molar-refractivity contribution is 7.89. The Morgan fingerprint density at radius 1 is 1.33 bits per heavy atom. The van der Waals surface area contributed by atoms with Crippen LogP contribution in [0, 0.1) is 0 Å². The number of nitrogens with zero attached hydrogens (tertiary/aromatic N) is 2. The zero-order valence-corrected chi connectivity index (χ0v) is 15.7. The van der Waals surface area contributed by atoms with Gasteiger partial charge in [0.15, 0.2) is 31.9 Å². The molecule has 1 fully saturated rings. The summed E-state index contributed by atoms with van der Waals surface area (Å²) in [7, 11) is -12.9. The number of hydrogen-bond donors (Lipinski definition) is 2. The second kappa shape index (κ2) is 6.96. The molecule has 0 aliphatic carbocycles. The minimum absolute atomic E-state index is 0.0341. The Labute approximate surface area is 140 Å². The summed E-state index contributed by atoms with van der Waals surface area (Å²) in [4.78, 5) is 30.1. The lowest BCUT2D eigenvalue weighted by Gasteiger charge is -2.26. The number of aromatic nitrogens is 1. The molecule has 3 unspecified atom stereocenters. The van der Waals surface area contributed by atoms with Crippen LogP contribution in [0.1, 0.15) is 12.8 Å². The normalized spacial score (nSPS) is 22.7. The second-order valence-electron chi connectivity index (χ2n) is 5.84. The average molecular weight is 398 g/mol. The summed E-state index contributed by atoms with van der Waals surface area (Å²) in [5.74, 6) is 0. The summed E-state index contributed by atoms with van der Waals surface area (Å²) in [6, 6.07) is 2.78. The molecular weight excluding hydrogens is 378 g/mol. The first-order chi connectivity index (χ1) is 10.9. The number of sulfonamides is 1. The maximum atomic E-state index is 12.5. The summed E-state index contributed by atoms with van der Waals surface area (Å²) in [6.45, 7) is 1.16. The van der Waals surface area contributed by atoms with E-state index in [4.69, 9.17) is 0 Å². The largest absolute Gasteiger partial charge is 0.778 e. The fraction of sp³-hybridized carbons (Fsp3) is 0.583. The van der Waals surface area contributed by atoms with Crippen molar-refractivity contribution in [1.82, 2.24) is 4.31 Å². The van der Waals surface area contributed by atoms with E-state index in [0.717, 1.165) is 19.5 Å². The molecule has 0 aromatic carbocycles. The molecule has 2 rings (SSSR count). The van der Waals surface area contributed by atoms with Crippen LogP contribution in [0.3, 0.4) is 0 Å². The van der Waals surface area contributed by atoms with Crippen LogP contribution in [-0.2, 0) is 25.7 Å². The Kier molecular flexibility index (Phi) is 5.72. The number of rotatable bonds is 6. The van der Waals surface area contributed by atoms with E-state index in [0.29, 0.717) is 13.1 Å². The van der Waals surface area contributed by atoms with Crippen molar-refractivity contribution in [1.29, 1.82) is 0 Å². The molecule has 9 nitrogen and oxygen atoms in total. The summed E-state index contributed by atoms with van der Waals surface area (Å²) >= 11 is 0. The van der Waals surface area contributed by atoms with Gasteiger partial charge in [-0.25, -0.2) is 13.0 Å². The number of pyridine rings is 1. The minimum Gasteiger partial charge on any atom is -0.778 e. The Balaban J connectivity index is 2.33. The lowest BCUT2D eigenvalue weighted by Crippen LogP contribution is -2.41. The Hall–Kier alpha value is -0.600. The summed E-state index contributed by atoms with van der Waals surface area (Å²) in [5, 5.41) is -1.90. The lowest BCUT2D eigenvalue weighted by atomic mass is 10.4. The van der Waals surface area contributed by atoms with Gasteiger partial charge in [0.05, 0.1) is 0 Å². The topological polar surface area (TPSA) is 139 Å². The van der Waals surface area contributed by atoms with E-state index >= 15 is 0 Å². The fourth-order valence-corrected chi connectivity index (χ4v) is 7.16. The van der Waals surface area contributed by atoms with Crippen LogP contribution in [0.2, 0.25) is 0 Å². The first-order valence-corrected chi connectivity index (χ1v) is 12.5. The molecule has 136 valence electrons. The van der Waals surface area contributed by atoms with E-state index in [1.807, 2.05) is 0 Å². The van der Waals surface area contributed by atoms with Gasteiger partial charge in [-0.3, -0.25) is 4.57 Å². The standard InChI is InChI=1S/C12H20N2O7P2S/c1-22(15,16)12(23(17,18)19)10-13-6-4-5-11(9-13)24(20,21)14-7-2-3-8-14/h4-6,9,12H,2-3,7-8,10H2,1H3,(H2-,15,16,17,18,19). The zero-order valence-electron chi connectivity index (χ0n) is 13.1. The first-order valence-electron chi connectivity index (χ1n) is 7.25. The average Bonchev–Trinajstić information content (AvgIpc) is 2.97. The van der Waals surface area contributed by atoms with Gasteiger partial charge in [0.1, 0.15) is 4.90 Å². The van der Waals surface area contributed by atoms with Crippen molar-refractivity contribution < 1.29 is 36.8 Å². The van der Waals surface area contributed by atoms with Gasteiger partial charge in [0, 0.05) is 25.8 Å². The second-order valence-corrected chi connectivity index (χ2v) is 12.4. The first kappa shape index (κ1) is 19.7. The minimum atomic E-state index is -5.08. The molecule has 1 saturated heterocycles. The maximum absolute atomic E-state index is 12.5. The van der Waals surface area contributed by atoms with Crippen molar-refractivity contribution in [2.45, 2.75) is 29.7 Å². The summed E-state index contributed by atoms with van der Waals surface area (Å²) in [6.07, 6.45) is 4.14. The van der Waals surface area contributed by atoms with Crippen LogP contribution in [0.15, 0.2) is 29.4 Å². The van der Waals surface area contributed by atoms with E-state index in [2.05, 4.69) is 0 Å². The molecule has 1 aromatic heterocycles. The van der Waals surface area contributed by atoms with E-state index in [-0.39, 0.29) is 4.90 Å². The summed E-state index contributed by atoms with van der Waals surface area (Å²) < 4.78 is 50.7. The molecule has 2 N–H and O–H groups in total. The molecule has 1 aromatic rings. The molecule has 1 aliphatic heterocycles. The van der Waals surface area contributed by atoms with Crippen LogP contribution >= 0.6 is 15.0 Å². The van der Waals surface area contributed by atoms with Crippen LogP contribution in [0.25, 0.3) is 0 Å². The third-order valence-corrected chi connectivity index (χ3v) is 10.1. The molecule has 0 spiro atoms. The van der Waals surface area contributed by atoms with Gasteiger partial charge in [0.2, 0.25) is 17.4 Å². The van der Waals surface area contributed by atoms with Crippen molar-refractivity contribution in [3.8, 4) is 0 Å². The van der Waals surface area contributed by atoms with Crippen LogP contribution < -0.4 is 9.46 Å². The van der Waals surface area contributed by atoms with Gasteiger partial charge in [-0.05, 0) is 18.9 Å². The van der Waals surface area contributed by atoms with Gasteiger partial charge in [0.25, 0.3) is 0 Å². The molecule has 2 heterocycles. The van der Waals surface area contributed by atoms with Crippen molar-refractivity contribution in [2.24, 2.45) is 0 Å². The Morgan fingerprint density at radius 2 is 1.92 bits per heavy atom. The highest BCUT2D eigenvalue weighted by atomic mass is 32.2. The van der Waals surface area contributed by atoms with Gasteiger partial charge < -0.3 is 19.2 Å². The van der Waals surface area contributed by atoms with Crippen LogP contribution in [0.4, 0.5) is 0 Å². The molecule has 24 heavy (non-hydrogen) atoms. The van der Waals surface area contributed by atoms with Gasteiger partial charge in [-0.2, -0.15) is 4.31 Å². The smallest absolute Gasteiger partial charge is 0.248 e. The molecule has 0 radical (unpaired) electrons. The fourth-order valence-electron chi connectivity index (χ4n) is 2.56. The van der Waals surface area contributed by atoms with Crippen molar-refractivity contribution in [3.63, 3.8) is 0 Å². The maximum Gasteiger partial charge on any atom is 0.248 e. The van der Waals surface area contributed by atoms with Gasteiger partial charge >= 0.3 is 0 Å². The molecule has 0 bridgehead atoms. The summed E-state index contributed by atoms with van der Waals surface area (Å²) in [5.41, 5.74) is 0. The SMILES string of the molecule is CP(=O)(O)C(C[n+]1cccc(S(=O)(=O)N2CCCC2)c1)P(=O)([O-])O. The molecule has 0 amide bonds. The third kappa shape index (κ3) is 4.52. The predicted octanol–water partition coefficient (Wildman–Crippen LogP) is -0.469. The monoisotopic (exact) mass is 398 g/mol. The van der Waals surface area contributed by atoms with Gasteiger partial charge in [-0.1, -0.05) is 0 Å².